The number of amides is 1. The van der Waals surface area contributed by atoms with E-state index in [0.717, 1.165) is 5.39 Å². The van der Waals surface area contributed by atoms with E-state index in [0.29, 0.717) is 10.9 Å². The minimum absolute atomic E-state index is 0.0520. The normalized spacial score (nSPS) is 16.7. The Morgan fingerprint density at radius 1 is 1.13 bits per heavy atom. The van der Waals surface area contributed by atoms with Crippen molar-refractivity contribution in [3.05, 3.63) is 42.0 Å². The molecule has 0 saturated carbocycles. The lowest BCUT2D eigenvalue weighted by Crippen LogP contribution is -2.42. The standard InChI is InChI=1S/C17H16F3NO2/c18-17(19,20)13-6-8-21(9-7-13)16(23)12-4-5-14-11(10-12)2-1-3-15(14)22/h1-5,10,13,22H,6-9H2. The minimum Gasteiger partial charge on any atom is -0.507 e. The largest absolute Gasteiger partial charge is 0.507 e. The van der Waals surface area contributed by atoms with Gasteiger partial charge in [-0.15, -0.1) is 0 Å². The number of aromatic hydroxyl groups is 1. The highest BCUT2D eigenvalue weighted by molar-refractivity contribution is 5.99. The first kappa shape index (κ1) is 15.6. The molecule has 2 aromatic carbocycles. The highest BCUT2D eigenvalue weighted by Gasteiger charge is 2.41. The number of carbonyl (C=O) groups excluding carboxylic acids is 1. The molecule has 0 aliphatic carbocycles. The van der Waals surface area contributed by atoms with Gasteiger partial charge in [-0.2, -0.15) is 13.2 Å². The van der Waals surface area contributed by atoms with Crippen molar-refractivity contribution in [2.24, 2.45) is 5.92 Å². The summed E-state index contributed by atoms with van der Waals surface area (Å²) in [5.41, 5.74) is 0.425. The second-order valence-corrected chi connectivity index (χ2v) is 5.82. The maximum atomic E-state index is 12.7. The van der Waals surface area contributed by atoms with E-state index >= 15 is 0 Å². The predicted octanol–water partition coefficient (Wildman–Crippen LogP) is 3.96. The number of phenols is 1. The minimum atomic E-state index is -4.18. The van der Waals surface area contributed by atoms with E-state index in [1.54, 1.807) is 36.4 Å². The molecule has 2 aromatic rings. The third-order valence-electron chi connectivity index (χ3n) is 4.35. The fraction of sp³-hybridized carbons (Fsp3) is 0.353. The Hall–Kier alpha value is -2.24. The van der Waals surface area contributed by atoms with Gasteiger partial charge in [-0.25, -0.2) is 0 Å². The fourth-order valence-electron chi connectivity index (χ4n) is 2.99. The maximum Gasteiger partial charge on any atom is 0.391 e. The molecule has 1 heterocycles. The number of benzene rings is 2. The van der Waals surface area contributed by atoms with E-state index in [1.165, 1.54) is 4.90 Å². The van der Waals surface area contributed by atoms with Crippen molar-refractivity contribution in [1.82, 2.24) is 4.90 Å². The third-order valence-corrected chi connectivity index (χ3v) is 4.35. The molecule has 0 unspecified atom stereocenters. The first-order valence-corrected chi connectivity index (χ1v) is 7.44. The number of hydrogen-bond donors (Lipinski definition) is 1. The number of rotatable bonds is 1. The first-order valence-electron chi connectivity index (χ1n) is 7.44. The Morgan fingerprint density at radius 3 is 2.48 bits per heavy atom. The summed E-state index contributed by atoms with van der Waals surface area (Å²) in [6.07, 6.45) is -4.29. The highest BCUT2D eigenvalue weighted by atomic mass is 19.4. The van der Waals surface area contributed by atoms with Crippen LogP contribution in [0.25, 0.3) is 10.8 Å². The van der Waals surface area contributed by atoms with Gasteiger partial charge in [0.05, 0.1) is 5.92 Å². The van der Waals surface area contributed by atoms with Gasteiger partial charge >= 0.3 is 6.18 Å². The monoisotopic (exact) mass is 323 g/mol. The zero-order chi connectivity index (χ0) is 16.6. The summed E-state index contributed by atoms with van der Waals surface area (Å²) >= 11 is 0. The van der Waals surface area contributed by atoms with Gasteiger partial charge in [-0.3, -0.25) is 4.79 Å². The maximum absolute atomic E-state index is 12.7. The van der Waals surface area contributed by atoms with E-state index in [4.69, 9.17) is 0 Å². The van der Waals surface area contributed by atoms with Gasteiger partial charge in [0, 0.05) is 24.0 Å². The van der Waals surface area contributed by atoms with Crippen LogP contribution in [-0.2, 0) is 0 Å². The molecule has 0 spiro atoms. The van der Waals surface area contributed by atoms with Crippen molar-refractivity contribution >= 4 is 16.7 Å². The van der Waals surface area contributed by atoms with Crippen molar-refractivity contribution < 1.29 is 23.1 Å². The number of piperidine rings is 1. The second kappa shape index (κ2) is 5.76. The lowest BCUT2D eigenvalue weighted by atomic mass is 9.95. The summed E-state index contributed by atoms with van der Waals surface area (Å²) in [4.78, 5) is 13.9. The second-order valence-electron chi connectivity index (χ2n) is 5.82. The van der Waals surface area contributed by atoms with Gasteiger partial charge in [0.15, 0.2) is 0 Å². The van der Waals surface area contributed by atoms with Gasteiger partial charge in [0.2, 0.25) is 0 Å². The van der Waals surface area contributed by atoms with Crippen molar-refractivity contribution in [2.75, 3.05) is 13.1 Å². The molecule has 0 atom stereocenters. The molecule has 0 aromatic heterocycles. The Balaban J connectivity index is 1.77. The highest BCUT2D eigenvalue weighted by Crippen LogP contribution is 2.34. The number of likely N-dealkylation sites (tertiary alicyclic amines) is 1. The van der Waals surface area contributed by atoms with Crippen molar-refractivity contribution in [2.45, 2.75) is 19.0 Å². The average Bonchev–Trinajstić information content (AvgIpc) is 2.53. The Kier molecular flexibility index (Phi) is 3.92. The topological polar surface area (TPSA) is 40.5 Å². The van der Waals surface area contributed by atoms with E-state index < -0.39 is 12.1 Å². The quantitative estimate of drug-likeness (QED) is 0.863. The molecule has 1 saturated heterocycles. The SMILES string of the molecule is O=C(c1ccc2c(O)cccc2c1)N1CCC(C(F)(F)F)CC1. The lowest BCUT2D eigenvalue weighted by Gasteiger charge is -2.33. The number of fused-ring (bicyclic) bond motifs is 1. The van der Waals surface area contributed by atoms with Gasteiger partial charge in [0.25, 0.3) is 5.91 Å². The fourth-order valence-corrected chi connectivity index (χ4v) is 2.99. The molecule has 0 bridgehead atoms. The third kappa shape index (κ3) is 3.11. The number of nitrogens with zero attached hydrogens (tertiary/aromatic N) is 1. The smallest absolute Gasteiger partial charge is 0.391 e. The molecule has 23 heavy (non-hydrogen) atoms. The molecular formula is C17H16F3NO2. The van der Waals surface area contributed by atoms with Crippen molar-refractivity contribution in [1.29, 1.82) is 0 Å². The van der Waals surface area contributed by atoms with E-state index in [-0.39, 0.29) is 37.6 Å². The zero-order valence-electron chi connectivity index (χ0n) is 12.3. The predicted molar refractivity (Wildman–Crippen MR) is 80.3 cm³/mol. The summed E-state index contributed by atoms with van der Waals surface area (Å²) < 4.78 is 38.0. The first-order chi connectivity index (χ1) is 10.9. The molecule has 1 amide bonds. The Bertz CT molecular complexity index is 734. The number of phenolic OH excluding ortho intramolecular Hbond substituents is 1. The lowest BCUT2D eigenvalue weighted by molar-refractivity contribution is -0.183. The summed E-state index contributed by atoms with van der Waals surface area (Å²) in [6.45, 7) is 0.224. The number of alkyl halides is 3. The molecule has 1 aliphatic heterocycles. The average molecular weight is 323 g/mol. The summed E-state index contributed by atoms with van der Waals surface area (Å²) in [5.74, 6) is -1.46. The van der Waals surface area contributed by atoms with E-state index in [1.807, 2.05) is 0 Å². The van der Waals surface area contributed by atoms with Crippen LogP contribution in [0.2, 0.25) is 0 Å². The molecule has 3 nitrogen and oxygen atoms in total. The summed E-state index contributed by atoms with van der Waals surface area (Å²) in [5, 5.41) is 11.1. The van der Waals surface area contributed by atoms with Crippen LogP contribution in [0.4, 0.5) is 13.2 Å². The van der Waals surface area contributed by atoms with Crippen LogP contribution in [0.3, 0.4) is 0 Å². The van der Waals surface area contributed by atoms with Crippen LogP contribution in [-0.4, -0.2) is 35.2 Å². The number of carbonyl (C=O) groups is 1. The molecule has 1 aliphatic rings. The van der Waals surface area contributed by atoms with Gasteiger partial charge in [-0.05, 0) is 42.5 Å². The van der Waals surface area contributed by atoms with Crippen LogP contribution in [0, 0.1) is 5.92 Å². The van der Waals surface area contributed by atoms with E-state index in [2.05, 4.69) is 0 Å². The molecular weight excluding hydrogens is 307 g/mol. The van der Waals surface area contributed by atoms with Gasteiger partial charge in [0.1, 0.15) is 5.75 Å². The van der Waals surface area contributed by atoms with Crippen molar-refractivity contribution in [3.63, 3.8) is 0 Å². The van der Waals surface area contributed by atoms with E-state index in [9.17, 15) is 23.1 Å². The van der Waals surface area contributed by atoms with Crippen LogP contribution in [0.5, 0.6) is 5.75 Å². The summed E-state index contributed by atoms with van der Waals surface area (Å²) in [6, 6.07) is 9.93. The Morgan fingerprint density at radius 2 is 1.83 bits per heavy atom. The molecule has 3 rings (SSSR count). The van der Waals surface area contributed by atoms with Crippen LogP contribution in [0.15, 0.2) is 36.4 Å². The van der Waals surface area contributed by atoms with Gasteiger partial charge < -0.3 is 10.0 Å². The van der Waals surface area contributed by atoms with Crippen LogP contribution < -0.4 is 0 Å². The van der Waals surface area contributed by atoms with Gasteiger partial charge in [-0.1, -0.05) is 12.1 Å². The zero-order valence-corrected chi connectivity index (χ0v) is 12.3. The molecule has 0 radical (unpaired) electrons. The summed E-state index contributed by atoms with van der Waals surface area (Å²) in [7, 11) is 0. The molecule has 1 fully saturated rings. The van der Waals surface area contributed by atoms with Crippen LogP contribution in [0.1, 0.15) is 23.2 Å². The number of halogens is 3. The molecule has 122 valence electrons. The molecule has 1 N–H and O–H groups in total. The van der Waals surface area contributed by atoms with Crippen molar-refractivity contribution in [3.8, 4) is 5.75 Å². The Labute approximate surface area is 131 Å². The number of hydrogen-bond acceptors (Lipinski definition) is 2. The molecule has 6 heteroatoms. The van der Waals surface area contributed by atoms with Crippen LogP contribution >= 0.6 is 0 Å².